The van der Waals surface area contributed by atoms with Crippen LogP contribution in [0.15, 0.2) is 29.2 Å². The molecule has 2 aromatic rings. The molecule has 0 radical (unpaired) electrons. The lowest BCUT2D eigenvalue weighted by Gasteiger charge is -2.40. The first-order valence-corrected chi connectivity index (χ1v) is 8.87. The Morgan fingerprint density at radius 2 is 2.07 bits per heavy atom. The number of hydrogen-bond donors (Lipinski definition) is 1. The number of anilines is 1. The molecule has 1 aliphatic heterocycles. The van der Waals surface area contributed by atoms with E-state index in [4.69, 9.17) is 0 Å². The fraction of sp³-hybridized carbons (Fsp3) is 0.500. The van der Waals surface area contributed by atoms with Crippen molar-refractivity contribution in [3.8, 4) is 11.4 Å². The lowest BCUT2D eigenvalue weighted by Crippen LogP contribution is -2.54. The van der Waals surface area contributed by atoms with Crippen LogP contribution in [-0.4, -0.2) is 58.2 Å². The standard InChI is InChI=1S/C18H22F3N5O/c1-3-14-8-16(27)24-17(23-14)13-4-5-15(22-9-13)25-6-7-26(12(2)10-25)11-18(19,20)21/h4-5,8-9,12H,3,6-7,10-11H2,1-2H3,(H,23,24,27). The molecule has 1 aliphatic rings. The Morgan fingerprint density at radius 1 is 1.30 bits per heavy atom. The van der Waals surface area contributed by atoms with Crippen molar-refractivity contribution in [3.05, 3.63) is 40.4 Å². The Balaban J connectivity index is 1.71. The van der Waals surface area contributed by atoms with Crippen molar-refractivity contribution < 1.29 is 13.2 Å². The molecule has 6 nitrogen and oxygen atoms in total. The Morgan fingerprint density at radius 3 is 2.67 bits per heavy atom. The smallest absolute Gasteiger partial charge is 0.354 e. The second-order valence-corrected chi connectivity index (χ2v) is 6.72. The summed E-state index contributed by atoms with van der Waals surface area (Å²) in [6.45, 7) is 4.11. The summed E-state index contributed by atoms with van der Waals surface area (Å²) in [5.41, 5.74) is 1.18. The zero-order valence-corrected chi connectivity index (χ0v) is 15.3. The highest BCUT2D eigenvalue weighted by molar-refractivity contribution is 5.56. The van der Waals surface area contributed by atoms with Crippen LogP contribution in [0.5, 0.6) is 0 Å². The van der Waals surface area contributed by atoms with Crippen LogP contribution in [0.3, 0.4) is 0 Å². The van der Waals surface area contributed by atoms with E-state index in [1.165, 1.54) is 11.0 Å². The number of aromatic amines is 1. The molecule has 27 heavy (non-hydrogen) atoms. The Hall–Kier alpha value is -2.42. The summed E-state index contributed by atoms with van der Waals surface area (Å²) < 4.78 is 37.9. The Kier molecular flexibility index (Phi) is 5.50. The van der Waals surface area contributed by atoms with Gasteiger partial charge >= 0.3 is 6.18 Å². The lowest BCUT2D eigenvalue weighted by molar-refractivity contribution is -0.150. The van der Waals surface area contributed by atoms with Gasteiger partial charge in [0.25, 0.3) is 5.56 Å². The van der Waals surface area contributed by atoms with E-state index >= 15 is 0 Å². The maximum absolute atomic E-state index is 12.6. The topological polar surface area (TPSA) is 65.1 Å². The van der Waals surface area contributed by atoms with Crippen molar-refractivity contribution in [1.29, 1.82) is 0 Å². The van der Waals surface area contributed by atoms with Gasteiger partial charge in [0.05, 0.1) is 6.54 Å². The molecule has 1 atom stereocenters. The number of H-pyrrole nitrogens is 1. The van der Waals surface area contributed by atoms with Crippen molar-refractivity contribution in [2.45, 2.75) is 32.5 Å². The molecule has 3 heterocycles. The highest BCUT2D eigenvalue weighted by Gasteiger charge is 2.35. The first kappa shape index (κ1) is 19.3. The minimum atomic E-state index is -4.19. The summed E-state index contributed by atoms with van der Waals surface area (Å²) in [4.78, 5) is 26.6. The first-order chi connectivity index (χ1) is 12.7. The van der Waals surface area contributed by atoms with E-state index < -0.39 is 12.7 Å². The molecular formula is C18H22F3N5O. The number of nitrogens with zero attached hydrogens (tertiary/aromatic N) is 4. The van der Waals surface area contributed by atoms with Gasteiger partial charge in [-0.3, -0.25) is 9.69 Å². The number of hydrogen-bond acceptors (Lipinski definition) is 5. The van der Waals surface area contributed by atoms with Gasteiger partial charge in [0, 0.05) is 49.2 Å². The maximum Gasteiger partial charge on any atom is 0.401 e. The van der Waals surface area contributed by atoms with Gasteiger partial charge in [-0.25, -0.2) is 9.97 Å². The number of rotatable bonds is 4. The van der Waals surface area contributed by atoms with Crippen LogP contribution in [0.25, 0.3) is 11.4 Å². The van der Waals surface area contributed by atoms with Crippen LogP contribution in [0.4, 0.5) is 19.0 Å². The van der Waals surface area contributed by atoms with Gasteiger partial charge < -0.3 is 9.88 Å². The fourth-order valence-electron chi connectivity index (χ4n) is 3.21. The molecule has 1 saturated heterocycles. The SMILES string of the molecule is CCc1cc(=O)[nH]c(-c2ccc(N3CCN(CC(F)(F)F)C(C)C3)nc2)n1. The summed E-state index contributed by atoms with van der Waals surface area (Å²) in [6, 6.07) is 4.86. The predicted octanol–water partition coefficient (Wildman–Crippen LogP) is 2.47. The number of piperazine rings is 1. The lowest BCUT2D eigenvalue weighted by atomic mass is 10.2. The highest BCUT2D eigenvalue weighted by Crippen LogP contribution is 2.23. The third-order valence-corrected chi connectivity index (χ3v) is 4.65. The molecule has 146 valence electrons. The van der Waals surface area contributed by atoms with E-state index in [-0.39, 0.29) is 11.6 Å². The van der Waals surface area contributed by atoms with Crippen LogP contribution in [0, 0.1) is 0 Å². The van der Waals surface area contributed by atoms with Gasteiger partial charge in [0.15, 0.2) is 0 Å². The molecule has 2 aromatic heterocycles. The van der Waals surface area contributed by atoms with Crippen molar-refractivity contribution in [3.63, 3.8) is 0 Å². The number of nitrogens with one attached hydrogen (secondary N) is 1. The van der Waals surface area contributed by atoms with E-state index in [0.717, 1.165) is 0 Å². The predicted molar refractivity (Wildman–Crippen MR) is 96.8 cm³/mol. The highest BCUT2D eigenvalue weighted by atomic mass is 19.4. The average molecular weight is 381 g/mol. The van der Waals surface area contributed by atoms with Gasteiger partial charge in [0.2, 0.25) is 0 Å². The second-order valence-electron chi connectivity index (χ2n) is 6.72. The third-order valence-electron chi connectivity index (χ3n) is 4.65. The zero-order chi connectivity index (χ0) is 19.6. The average Bonchev–Trinajstić information content (AvgIpc) is 2.62. The van der Waals surface area contributed by atoms with Crippen molar-refractivity contribution in [2.24, 2.45) is 0 Å². The van der Waals surface area contributed by atoms with E-state index in [0.29, 0.717) is 49.0 Å². The number of aromatic nitrogens is 3. The fourth-order valence-corrected chi connectivity index (χ4v) is 3.21. The molecule has 0 saturated carbocycles. The molecule has 3 rings (SSSR count). The van der Waals surface area contributed by atoms with Crippen molar-refractivity contribution in [2.75, 3.05) is 31.1 Å². The summed E-state index contributed by atoms with van der Waals surface area (Å²) >= 11 is 0. The van der Waals surface area contributed by atoms with E-state index in [9.17, 15) is 18.0 Å². The van der Waals surface area contributed by atoms with E-state index in [2.05, 4.69) is 15.0 Å². The normalized spacial score (nSPS) is 18.7. The van der Waals surface area contributed by atoms with Crippen LogP contribution < -0.4 is 10.5 Å². The monoisotopic (exact) mass is 381 g/mol. The first-order valence-electron chi connectivity index (χ1n) is 8.87. The zero-order valence-electron chi connectivity index (χ0n) is 15.3. The number of alkyl halides is 3. The largest absolute Gasteiger partial charge is 0.401 e. The molecule has 1 fully saturated rings. The number of aryl methyl sites for hydroxylation is 1. The molecule has 1 unspecified atom stereocenters. The quantitative estimate of drug-likeness (QED) is 0.882. The molecule has 1 N–H and O–H groups in total. The van der Waals surface area contributed by atoms with Gasteiger partial charge in [0.1, 0.15) is 11.6 Å². The van der Waals surface area contributed by atoms with Gasteiger partial charge in [-0.1, -0.05) is 6.92 Å². The van der Waals surface area contributed by atoms with Crippen LogP contribution in [0.2, 0.25) is 0 Å². The number of pyridine rings is 1. The molecule has 0 bridgehead atoms. The summed E-state index contributed by atoms with van der Waals surface area (Å²) in [7, 11) is 0. The summed E-state index contributed by atoms with van der Waals surface area (Å²) in [5, 5.41) is 0. The summed E-state index contributed by atoms with van der Waals surface area (Å²) in [6.07, 6.45) is -1.91. The molecule has 9 heteroatoms. The number of halogens is 3. The molecule has 0 aromatic carbocycles. The minimum Gasteiger partial charge on any atom is -0.354 e. The third kappa shape index (κ3) is 4.85. The molecule has 0 amide bonds. The van der Waals surface area contributed by atoms with Crippen LogP contribution in [0.1, 0.15) is 19.5 Å². The molecule has 0 spiro atoms. The van der Waals surface area contributed by atoms with E-state index in [1.807, 2.05) is 17.9 Å². The second kappa shape index (κ2) is 7.67. The van der Waals surface area contributed by atoms with Gasteiger partial charge in [-0.2, -0.15) is 13.2 Å². The van der Waals surface area contributed by atoms with Crippen molar-refractivity contribution >= 4 is 5.82 Å². The summed E-state index contributed by atoms with van der Waals surface area (Å²) in [5.74, 6) is 1.16. The van der Waals surface area contributed by atoms with Crippen molar-refractivity contribution in [1.82, 2.24) is 19.9 Å². The molecule has 0 aliphatic carbocycles. The van der Waals surface area contributed by atoms with Crippen LogP contribution in [-0.2, 0) is 6.42 Å². The Bertz CT molecular complexity index is 834. The van der Waals surface area contributed by atoms with Crippen LogP contribution >= 0.6 is 0 Å². The van der Waals surface area contributed by atoms with Gasteiger partial charge in [-0.15, -0.1) is 0 Å². The molecular weight excluding hydrogens is 359 g/mol. The van der Waals surface area contributed by atoms with E-state index in [1.54, 1.807) is 19.2 Å². The minimum absolute atomic E-state index is 0.212. The Labute approximate surface area is 155 Å². The van der Waals surface area contributed by atoms with Gasteiger partial charge in [-0.05, 0) is 25.5 Å². The maximum atomic E-state index is 12.6.